The maximum Gasteiger partial charge on any atom is 0.214 e. The molecule has 0 atom stereocenters. The zero-order valence-electron chi connectivity index (χ0n) is 15.3. The van der Waals surface area contributed by atoms with Gasteiger partial charge in [0.15, 0.2) is 5.96 Å². The van der Waals surface area contributed by atoms with Crippen molar-refractivity contribution in [2.24, 2.45) is 4.99 Å². The van der Waals surface area contributed by atoms with E-state index in [1.165, 1.54) is 0 Å². The van der Waals surface area contributed by atoms with Gasteiger partial charge >= 0.3 is 0 Å². The molecule has 140 valence electrons. The van der Waals surface area contributed by atoms with Gasteiger partial charge in [-0.3, -0.25) is 9.98 Å². The highest BCUT2D eigenvalue weighted by Gasteiger charge is 2.27. The van der Waals surface area contributed by atoms with Gasteiger partial charge in [-0.05, 0) is 37.8 Å². The normalized spacial score (nSPS) is 17.5. The number of piperidine rings is 1. The highest BCUT2D eigenvalue weighted by atomic mass is 32.2. The monoisotopic (exact) mass is 367 g/mol. The zero-order chi connectivity index (χ0) is 18.3. The third-order valence-electron chi connectivity index (χ3n) is 4.41. The van der Waals surface area contributed by atoms with Crippen LogP contribution in [0.5, 0.6) is 0 Å². The third-order valence-corrected chi connectivity index (χ3v) is 6.49. The lowest BCUT2D eigenvalue weighted by Gasteiger charge is -2.32. The molecule has 1 fully saturated rings. The Morgan fingerprint density at radius 1 is 1.40 bits per heavy atom. The topological polar surface area (TPSA) is 86.7 Å². The number of rotatable bonds is 6. The Kier molecular flexibility index (Phi) is 7.19. The number of hydrogen-bond acceptors (Lipinski definition) is 4. The van der Waals surface area contributed by atoms with Gasteiger partial charge in [0, 0.05) is 32.4 Å². The van der Waals surface area contributed by atoms with Crippen LogP contribution in [-0.2, 0) is 16.6 Å². The average molecular weight is 368 g/mol. The van der Waals surface area contributed by atoms with E-state index in [1.807, 2.05) is 26.0 Å². The summed E-state index contributed by atoms with van der Waals surface area (Å²) in [6, 6.07) is 4.18. The maximum atomic E-state index is 12.1. The first-order chi connectivity index (χ1) is 12.0. The van der Waals surface area contributed by atoms with Gasteiger partial charge in [-0.15, -0.1) is 0 Å². The van der Waals surface area contributed by atoms with Gasteiger partial charge in [0.2, 0.25) is 10.0 Å². The molecule has 0 amide bonds. The summed E-state index contributed by atoms with van der Waals surface area (Å²) in [6.07, 6.45) is 4.01. The van der Waals surface area contributed by atoms with Crippen LogP contribution in [0.15, 0.2) is 23.3 Å². The van der Waals surface area contributed by atoms with E-state index in [0.717, 1.165) is 30.1 Å². The van der Waals surface area contributed by atoms with Gasteiger partial charge in [-0.25, -0.2) is 12.7 Å². The minimum atomic E-state index is -3.09. The molecule has 0 unspecified atom stereocenters. The summed E-state index contributed by atoms with van der Waals surface area (Å²) in [7, 11) is -1.35. The number of nitrogens with zero attached hydrogens (tertiary/aromatic N) is 3. The zero-order valence-corrected chi connectivity index (χ0v) is 16.1. The summed E-state index contributed by atoms with van der Waals surface area (Å²) in [5, 5.41) is 6.67. The Bertz CT molecular complexity index is 682. The first-order valence-electron chi connectivity index (χ1n) is 8.81. The van der Waals surface area contributed by atoms with Crippen LogP contribution >= 0.6 is 0 Å². The minimum Gasteiger partial charge on any atom is -0.354 e. The fourth-order valence-corrected chi connectivity index (χ4v) is 4.47. The van der Waals surface area contributed by atoms with Gasteiger partial charge in [0.05, 0.1) is 18.0 Å². The number of aryl methyl sites for hydroxylation is 1. The Balaban J connectivity index is 1.82. The van der Waals surface area contributed by atoms with Crippen LogP contribution in [0, 0.1) is 6.92 Å². The second kappa shape index (κ2) is 9.15. The Labute approximate surface area is 151 Å². The third kappa shape index (κ3) is 5.67. The summed E-state index contributed by atoms with van der Waals surface area (Å²) in [5.74, 6) is 0.956. The number of nitrogens with one attached hydrogen (secondary N) is 2. The van der Waals surface area contributed by atoms with Crippen molar-refractivity contribution >= 4 is 16.0 Å². The molecule has 2 N–H and O–H groups in total. The Hall–Kier alpha value is -1.67. The molecule has 1 aromatic rings. The van der Waals surface area contributed by atoms with E-state index >= 15 is 0 Å². The summed E-state index contributed by atoms with van der Waals surface area (Å²) in [6.45, 7) is 5.67. The van der Waals surface area contributed by atoms with E-state index in [4.69, 9.17) is 0 Å². The van der Waals surface area contributed by atoms with Crippen LogP contribution in [0.4, 0.5) is 0 Å². The van der Waals surface area contributed by atoms with Crippen LogP contribution in [0.1, 0.15) is 37.4 Å². The number of sulfonamides is 1. The smallest absolute Gasteiger partial charge is 0.214 e. The number of pyridine rings is 1. The molecule has 0 radical (unpaired) electrons. The number of aliphatic imine (C=N–C) groups is 1. The van der Waals surface area contributed by atoms with Gasteiger partial charge in [0.25, 0.3) is 0 Å². The molecule has 25 heavy (non-hydrogen) atoms. The molecule has 1 aliphatic heterocycles. The largest absolute Gasteiger partial charge is 0.354 e. The van der Waals surface area contributed by atoms with Crippen molar-refractivity contribution in [3.8, 4) is 0 Å². The van der Waals surface area contributed by atoms with E-state index in [1.54, 1.807) is 17.5 Å². The molecule has 1 aromatic heterocycles. The minimum absolute atomic E-state index is 0.226. The van der Waals surface area contributed by atoms with Crippen molar-refractivity contribution in [3.05, 3.63) is 29.6 Å². The number of hydrogen-bond donors (Lipinski definition) is 2. The van der Waals surface area contributed by atoms with Crippen molar-refractivity contribution in [1.82, 2.24) is 19.9 Å². The standard InChI is InChI=1S/C17H29N5O2S/c1-4-12-25(23,24)22-10-7-15(8-11-22)21-17(18-3)20-13-16-14(2)6-5-9-19-16/h5-6,9,15H,4,7-8,10-13H2,1-3H3,(H2,18,20,21). The average Bonchev–Trinajstić information content (AvgIpc) is 2.60. The SMILES string of the molecule is CCCS(=O)(=O)N1CCC(NC(=NC)NCc2ncccc2C)CC1. The maximum absolute atomic E-state index is 12.1. The van der Waals surface area contributed by atoms with Crippen LogP contribution in [0.2, 0.25) is 0 Å². The molecule has 8 heteroatoms. The van der Waals surface area contributed by atoms with Crippen LogP contribution in [0.25, 0.3) is 0 Å². The molecule has 0 aromatic carbocycles. The van der Waals surface area contributed by atoms with E-state index in [2.05, 4.69) is 20.6 Å². The molecular weight excluding hydrogens is 338 g/mol. The molecule has 0 aliphatic carbocycles. The van der Waals surface area contributed by atoms with Crippen molar-refractivity contribution in [3.63, 3.8) is 0 Å². The van der Waals surface area contributed by atoms with Gasteiger partial charge in [-0.1, -0.05) is 13.0 Å². The van der Waals surface area contributed by atoms with Gasteiger partial charge < -0.3 is 10.6 Å². The molecule has 1 aliphatic rings. The molecule has 1 saturated heterocycles. The predicted molar refractivity (Wildman–Crippen MR) is 101 cm³/mol. The molecule has 2 rings (SSSR count). The lowest BCUT2D eigenvalue weighted by atomic mass is 10.1. The van der Waals surface area contributed by atoms with E-state index in [0.29, 0.717) is 26.1 Å². The molecule has 0 spiro atoms. The number of aromatic nitrogens is 1. The van der Waals surface area contributed by atoms with Crippen LogP contribution in [-0.4, -0.2) is 55.6 Å². The molecule has 2 heterocycles. The van der Waals surface area contributed by atoms with E-state index in [-0.39, 0.29) is 11.8 Å². The predicted octanol–water partition coefficient (Wildman–Crippen LogP) is 1.26. The Morgan fingerprint density at radius 2 is 2.12 bits per heavy atom. The van der Waals surface area contributed by atoms with Crippen molar-refractivity contribution in [2.45, 2.75) is 45.7 Å². The molecule has 0 bridgehead atoms. The fraction of sp³-hybridized carbons (Fsp3) is 0.647. The highest BCUT2D eigenvalue weighted by molar-refractivity contribution is 7.89. The van der Waals surface area contributed by atoms with Crippen LogP contribution in [0.3, 0.4) is 0 Å². The fourth-order valence-electron chi connectivity index (χ4n) is 2.92. The Morgan fingerprint density at radius 3 is 2.72 bits per heavy atom. The molecule has 0 saturated carbocycles. The van der Waals surface area contributed by atoms with Crippen molar-refractivity contribution in [2.75, 3.05) is 25.9 Å². The van der Waals surface area contributed by atoms with Crippen LogP contribution < -0.4 is 10.6 Å². The first kappa shape index (κ1) is 19.7. The number of guanidine groups is 1. The summed E-state index contributed by atoms with van der Waals surface area (Å²) < 4.78 is 25.9. The van der Waals surface area contributed by atoms with Gasteiger partial charge in [0.1, 0.15) is 0 Å². The van der Waals surface area contributed by atoms with Crippen molar-refractivity contribution in [1.29, 1.82) is 0 Å². The second-order valence-electron chi connectivity index (χ2n) is 6.33. The van der Waals surface area contributed by atoms with Gasteiger partial charge in [-0.2, -0.15) is 0 Å². The lowest BCUT2D eigenvalue weighted by molar-refractivity contribution is 0.306. The summed E-state index contributed by atoms with van der Waals surface area (Å²) in [5.41, 5.74) is 2.13. The molecule has 7 nitrogen and oxygen atoms in total. The lowest BCUT2D eigenvalue weighted by Crippen LogP contribution is -2.49. The second-order valence-corrected chi connectivity index (χ2v) is 8.41. The quantitative estimate of drug-likeness (QED) is 0.584. The van der Waals surface area contributed by atoms with Crippen molar-refractivity contribution < 1.29 is 8.42 Å². The summed E-state index contributed by atoms with van der Waals surface area (Å²) >= 11 is 0. The highest BCUT2D eigenvalue weighted by Crippen LogP contribution is 2.15. The van der Waals surface area contributed by atoms with E-state index < -0.39 is 10.0 Å². The van der Waals surface area contributed by atoms with E-state index in [9.17, 15) is 8.42 Å². The first-order valence-corrected chi connectivity index (χ1v) is 10.4. The summed E-state index contributed by atoms with van der Waals surface area (Å²) in [4.78, 5) is 8.63. The molecular formula is C17H29N5O2S.